The highest BCUT2D eigenvalue weighted by atomic mass is 32.2. The lowest BCUT2D eigenvalue weighted by Gasteiger charge is -2.37. The Morgan fingerprint density at radius 1 is 1.18 bits per heavy atom. The van der Waals surface area contributed by atoms with Gasteiger partial charge in [0.05, 0.1) is 4.90 Å². The molecule has 0 aromatic heterocycles. The van der Waals surface area contributed by atoms with Crippen molar-refractivity contribution in [3.8, 4) is 0 Å². The second-order valence-electron chi connectivity index (χ2n) is 5.58. The molecule has 1 aliphatic rings. The quantitative estimate of drug-likeness (QED) is 0.748. The van der Waals surface area contributed by atoms with E-state index >= 15 is 0 Å². The van der Waals surface area contributed by atoms with Crippen LogP contribution in [0.25, 0.3) is 0 Å². The number of benzene rings is 1. The first-order valence-corrected chi connectivity index (χ1v) is 8.93. The Balaban J connectivity index is 2.45. The van der Waals surface area contributed by atoms with Crippen molar-refractivity contribution in [2.24, 2.45) is 0 Å². The molecule has 2 atom stereocenters. The van der Waals surface area contributed by atoms with E-state index in [0.717, 1.165) is 5.56 Å². The summed E-state index contributed by atoms with van der Waals surface area (Å²) in [6.45, 7) is 9.46. The van der Waals surface area contributed by atoms with E-state index in [1.165, 1.54) is 0 Å². The van der Waals surface area contributed by atoms with Crippen molar-refractivity contribution in [1.82, 2.24) is 4.31 Å². The number of aryl methyl sites for hydroxylation is 1. The predicted octanol–water partition coefficient (Wildman–Crippen LogP) is 3.84. The van der Waals surface area contributed by atoms with E-state index in [4.69, 9.17) is 0 Å². The maximum atomic E-state index is 13.1. The van der Waals surface area contributed by atoms with Crippen LogP contribution < -0.4 is 0 Å². The summed E-state index contributed by atoms with van der Waals surface area (Å²) in [4.78, 5) is 0.344. The van der Waals surface area contributed by atoms with Gasteiger partial charge >= 0.3 is 0 Å². The van der Waals surface area contributed by atoms with E-state index in [1.54, 1.807) is 28.6 Å². The Labute approximate surface area is 133 Å². The van der Waals surface area contributed by atoms with Crippen molar-refractivity contribution in [1.29, 1.82) is 0 Å². The van der Waals surface area contributed by atoms with Crippen molar-refractivity contribution in [3.63, 3.8) is 0 Å². The number of sulfonamides is 1. The fourth-order valence-electron chi connectivity index (χ4n) is 2.80. The zero-order chi connectivity index (χ0) is 16.2. The van der Waals surface area contributed by atoms with Crippen LogP contribution in [0, 0.1) is 6.92 Å². The zero-order valence-corrected chi connectivity index (χ0v) is 13.8. The minimum atomic E-state index is -3.53. The lowest BCUT2D eigenvalue weighted by molar-refractivity contribution is 0.268. The summed E-state index contributed by atoms with van der Waals surface area (Å²) in [6.07, 6.45) is 9.54. The van der Waals surface area contributed by atoms with Crippen LogP contribution in [0.4, 0.5) is 0 Å². The van der Waals surface area contributed by atoms with Gasteiger partial charge in [0.2, 0.25) is 10.0 Å². The Hall–Kier alpha value is -1.65. The summed E-state index contributed by atoms with van der Waals surface area (Å²) in [5.41, 5.74) is 1.04. The fourth-order valence-corrected chi connectivity index (χ4v) is 4.61. The lowest BCUT2D eigenvalue weighted by Crippen LogP contribution is -2.47. The van der Waals surface area contributed by atoms with Gasteiger partial charge in [-0.05, 0) is 38.3 Å². The molecule has 118 valence electrons. The SMILES string of the molecule is C=CC[C@H]1CC=C[C@H](CC=C)N1S(=O)(=O)c1ccc(C)cc1. The second kappa shape index (κ2) is 7.07. The van der Waals surface area contributed by atoms with Crippen LogP contribution in [0.15, 0.2) is 66.6 Å². The second-order valence-corrected chi connectivity index (χ2v) is 7.42. The van der Waals surface area contributed by atoms with Crippen LogP contribution in [0.5, 0.6) is 0 Å². The third-order valence-corrected chi connectivity index (χ3v) is 5.89. The van der Waals surface area contributed by atoms with Crippen LogP contribution in [0.1, 0.15) is 24.8 Å². The summed E-state index contributed by atoms with van der Waals surface area (Å²) >= 11 is 0. The minimum Gasteiger partial charge on any atom is -0.207 e. The van der Waals surface area contributed by atoms with Crippen molar-refractivity contribution < 1.29 is 8.42 Å². The van der Waals surface area contributed by atoms with E-state index < -0.39 is 10.0 Å². The molecule has 22 heavy (non-hydrogen) atoms. The smallest absolute Gasteiger partial charge is 0.207 e. The molecule has 0 radical (unpaired) electrons. The molecule has 1 heterocycles. The molecular weight excluding hydrogens is 294 g/mol. The highest BCUT2D eigenvalue weighted by Gasteiger charge is 2.36. The first-order chi connectivity index (χ1) is 10.5. The molecule has 1 aromatic carbocycles. The molecule has 0 N–H and O–H groups in total. The molecule has 2 rings (SSSR count). The monoisotopic (exact) mass is 317 g/mol. The number of rotatable bonds is 6. The summed E-state index contributed by atoms with van der Waals surface area (Å²) in [5, 5.41) is 0. The summed E-state index contributed by atoms with van der Waals surface area (Å²) in [5.74, 6) is 0. The van der Waals surface area contributed by atoms with Crippen LogP contribution >= 0.6 is 0 Å². The molecular formula is C18H23NO2S. The molecule has 0 amide bonds. The summed E-state index contributed by atoms with van der Waals surface area (Å²) < 4.78 is 27.8. The van der Waals surface area contributed by atoms with Crippen molar-refractivity contribution >= 4 is 10.0 Å². The number of hydrogen-bond donors (Lipinski definition) is 0. The van der Waals surface area contributed by atoms with Crippen LogP contribution in [-0.2, 0) is 10.0 Å². The van der Waals surface area contributed by atoms with Gasteiger partial charge in [0.25, 0.3) is 0 Å². The molecule has 0 unspecified atom stereocenters. The summed E-state index contributed by atoms with van der Waals surface area (Å²) in [6, 6.07) is 6.76. The van der Waals surface area contributed by atoms with E-state index in [9.17, 15) is 8.42 Å². The Bertz CT molecular complexity index is 659. The zero-order valence-electron chi connectivity index (χ0n) is 13.0. The third kappa shape index (κ3) is 3.39. The first kappa shape index (κ1) is 16.7. The molecule has 3 nitrogen and oxygen atoms in total. The van der Waals surface area contributed by atoms with E-state index in [2.05, 4.69) is 19.2 Å². The Morgan fingerprint density at radius 3 is 2.41 bits per heavy atom. The molecule has 4 heteroatoms. The van der Waals surface area contributed by atoms with Crippen LogP contribution in [0.2, 0.25) is 0 Å². The van der Waals surface area contributed by atoms with Gasteiger partial charge in [0.1, 0.15) is 0 Å². The van der Waals surface area contributed by atoms with E-state index in [-0.39, 0.29) is 12.1 Å². The molecule has 0 spiro atoms. The molecule has 0 saturated heterocycles. The highest BCUT2D eigenvalue weighted by molar-refractivity contribution is 7.89. The lowest BCUT2D eigenvalue weighted by atomic mass is 10.0. The van der Waals surface area contributed by atoms with Crippen LogP contribution in [0.3, 0.4) is 0 Å². The van der Waals surface area contributed by atoms with E-state index in [1.807, 2.05) is 25.1 Å². The van der Waals surface area contributed by atoms with Gasteiger partial charge in [0.15, 0.2) is 0 Å². The average Bonchev–Trinajstić information content (AvgIpc) is 2.48. The van der Waals surface area contributed by atoms with Gasteiger partial charge in [-0.2, -0.15) is 4.31 Å². The number of hydrogen-bond acceptors (Lipinski definition) is 2. The molecule has 1 aliphatic heterocycles. The topological polar surface area (TPSA) is 37.4 Å². The average molecular weight is 317 g/mol. The summed E-state index contributed by atoms with van der Waals surface area (Å²) in [7, 11) is -3.53. The third-order valence-electron chi connectivity index (χ3n) is 3.90. The normalized spacial score (nSPS) is 22.4. The van der Waals surface area contributed by atoms with Gasteiger partial charge in [-0.1, -0.05) is 42.0 Å². The van der Waals surface area contributed by atoms with Crippen molar-refractivity contribution in [2.45, 2.75) is 43.2 Å². The maximum absolute atomic E-state index is 13.1. The van der Waals surface area contributed by atoms with Gasteiger partial charge in [-0.3, -0.25) is 0 Å². The highest BCUT2D eigenvalue weighted by Crippen LogP contribution is 2.30. The molecule has 0 aliphatic carbocycles. The van der Waals surface area contributed by atoms with Gasteiger partial charge < -0.3 is 0 Å². The molecule has 0 bridgehead atoms. The largest absolute Gasteiger partial charge is 0.243 e. The Morgan fingerprint density at radius 2 is 1.82 bits per heavy atom. The standard InChI is InChI=1S/C18H23NO2S/c1-4-7-16-9-6-10-17(8-5-2)19(16)22(20,21)18-13-11-15(3)12-14-18/h4-6,9,11-14,16-17H,1-2,7-8,10H2,3H3/t16-,17-/m0/s1. The molecule has 0 fully saturated rings. The minimum absolute atomic E-state index is 0.0845. The van der Waals surface area contributed by atoms with E-state index in [0.29, 0.717) is 24.2 Å². The molecule has 0 saturated carbocycles. The van der Waals surface area contributed by atoms with Gasteiger partial charge in [0, 0.05) is 12.1 Å². The first-order valence-electron chi connectivity index (χ1n) is 7.49. The van der Waals surface area contributed by atoms with Gasteiger partial charge in [-0.15, -0.1) is 13.2 Å². The maximum Gasteiger partial charge on any atom is 0.243 e. The van der Waals surface area contributed by atoms with Gasteiger partial charge in [-0.25, -0.2) is 8.42 Å². The Kier molecular flexibility index (Phi) is 5.37. The van der Waals surface area contributed by atoms with Crippen molar-refractivity contribution in [2.75, 3.05) is 0 Å². The molecule has 1 aromatic rings. The fraction of sp³-hybridized carbons (Fsp3) is 0.333. The predicted molar refractivity (Wildman–Crippen MR) is 91.2 cm³/mol. The van der Waals surface area contributed by atoms with Crippen molar-refractivity contribution in [3.05, 3.63) is 67.3 Å². The number of nitrogens with zero attached hydrogens (tertiary/aromatic N) is 1. The van der Waals surface area contributed by atoms with Crippen LogP contribution in [-0.4, -0.2) is 24.8 Å².